The highest BCUT2D eigenvalue weighted by Crippen LogP contribution is 2.32. The maximum absolute atomic E-state index is 14.2. The zero-order valence-corrected chi connectivity index (χ0v) is 24.1. The predicted molar refractivity (Wildman–Crippen MR) is 153 cm³/mol. The van der Waals surface area contributed by atoms with E-state index >= 15 is 0 Å². The summed E-state index contributed by atoms with van der Waals surface area (Å²) in [6.07, 6.45) is -0.523. The lowest BCUT2D eigenvalue weighted by molar-refractivity contribution is -0.132. The number of halogens is 2. The normalized spacial score (nSPS) is 22.5. The Balaban J connectivity index is 1.18. The van der Waals surface area contributed by atoms with Gasteiger partial charge in [-0.25, -0.2) is 18.6 Å². The summed E-state index contributed by atoms with van der Waals surface area (Å²) >= 11 is 0. The predicted octanol–water partition coefficient (Wildman–Crippen LogP) is 2.60. The van der Waals surface area contributed by atoms with Gasteiger partial charge in [0.25, 0.3) is 6.43 Å². The van der Waals surface area contributed by atoms with Crippen LogP contribution in [0.2, 0.25) is 0 Å². The highest BCUT2D eigenvalue weighted by molar-refractivity contribution is 5.87. The number of alkyl halides is 2. The first-order chi connectivity index (χ1) is 21.4. The van der Waals surface area contributed by atoms with Crippen molar-refractivity contribution in [3.63, 3.8) is 0 Å². The van der Waals surface area contributed by atoms with Crippen LogP contribution >= 0.6 is 0 Å². The minimum absolute atomic E-state index is 0.0124. The number of hydrogen-bond donors (Lipinski definition) is 2. The zero-order valence-electron chi connectivity index (χ0n) is 24.1. The van der Waals surface area contributed by atoms with Gasteiger partial charge in [0.05, 0.1) is 30.9 Å². The Morgan fingerprint density at radius 2 is 1.84 bits per heavy atom. The van der Waals surface area contributed by atoms with Crippen molar-refractivity contribution in [2.45, 2.75) is 56.7 Å². The van der Waals surface area contributed by atoms with Gasteiger partial charge in [-0.2, -0.15) is 9.97 Å². The van der Waals surface area contributed by atoms with E-state index in [-0.39, 0.29) is 43.0 Å². The molecule has 4 heterocycles. The summed E-state index contributed by atoms with van der Waals surface area (Å²) in [5.41, 5.74) is 0.941. The molecule has 2 N–H and O–H groups in total. The zero-order chi connectivity index (χ0) is 30.6. The molecule has 3 aliphatic rings. The third-order valence-electron chi connectivity index (χ3n) is 8.21. The summed E-state index contributed by atoms with van der Waals surface area (Å²) in [4.78, 5) is 42.1. The number of hydrogen-bond acceptors (Lipinski definition) is 10. The maximum Gasteiger partial charge on any atom is 0.407 e. The van der Waals surface area contributed by atoms with Gasteiger partial charge >= 0.3 is 6.09 Å². The standard InChI is InChI=1S/C29H35F2N7O6/c30-25(31)26-32-20-3-1-2-4-22(20)38(26)23-17-24(35-28(34-23)36-11-14-42-15-12-36)44-19-7-5-18(6-8-19)37-10-9-21(27(37)40)33-29(41)43-16-13-39/h1-4,17-19,21,25,39H,5-16H2,(H,33,41)/t18-,19-,21-/m0/s1. The number of anilines is 1. The first-order valence-corrected chi connectivity index (χ1v) is 14.9. The van der Waals surface area contributed by atoms with Crippen molar-refractivity contribution in [2.24, 2.45) is 0 Å². The molecule has 0 radical (unpaired) electrons. The number of para-hydroxylation sites is 2. The van der Waals surface area contributed by atoms with E-state index < -0.39 is 24.4 Å². The van der Waals surface area contributed by atoms with Crippen LogP contribution in [0.1, 0.15) is 44.4 Å². The van der Waals surface area contributed by atoms with Gasteiger partial charge in [-0.05, 0) is 44.2 Å². The number of likely N-dealkylation sites (tertiary alicyclic amines) is 1. The second-order valence-electron chi connectivity index (χ2n) is 11.0. The topological polar surface area (TPSA) is 144 Å². The fourth-order valence-electron chi connectivity index (χ4n) is 6.08. The number of rotatable bonds is 9. The Bertz CT molecular complexity index is 1480. The van der Waals surface area contributed by atoms with Crippen LogP contribution in [0, 0.1) is 0 Å². The highest BCUT2D eigenvalue weighted by atomic mass is 19.3. The monoisotopic (exact) mass is 615 g/mol. The molecule has 1 saturated carbocycles. The lowest BCUT2D eigenvalue weighted by atomic mass is 9.92. The van der Waals surface area contributed by atoms with Crippen LogP contribution in [0.5, 0.6) is 5.88 Å². The fourth-order valence-corrected chi connectivity index (χ4v) is 6.08. The molecular formula is C29H35F2N7O6. The molecule has 0 unspecified atom stereocenters. The number of nitrogens with one attached hydrogen (secondary N) is 1. The molecule has 1 aromatic carbocycles. The number of benzene rings is 1. The fraction of sp³-hybridized carbons (Fsp3) is 0.552. The Kier molecular flexibility index (Phi) is 9.02. The lowest BCUT2D eigenvalue weighted by Gasteiger charge is -2.34. The number of alkyl carbamates (subject to hydrolysis) is 1. The molecule has 2 aromatic heterocycles. The quantitative estimate of drug-likeness (QED) is 0.369. The number of ether oxygens (including phenoxy) is 3. The molecular weight excluding hydrogens is 580 g/mol. The van der Waals surface area contributed by atoms with Gasteiger partial charge in [-0.1, -0.05) is 12.1 Å². The van der Waals surface area contributed by atoms with E-state index in [9.17, 15) is 18.4 Å². The molecule has 2 aliphatic heterocycles. The van der Waals surface area contributed by atoms with E-state index in [1.54, 1.807) is 30.3 Å². The number of aromatic nitrogens is 4. The van der Waals surface area contributed by atoms with Crippen LogP contribution in [0.4, 0.5) is 19.5 Å². The molecule has 3 fully saturated rings. The molecule has 6 rings (SSSR count). The van der Waals surface area contributed by atoms with Crippen LogP contribution in [0.3, 0.4) is 0 Å². The molecule has 13 nitrogen and oxygen atoms in total. The van der Waals surface area contributed by atoms with Crippen molar-refractivity contribution in [3.8, 4) is 11.7 Å². The molecule has 0 spiro atoms. The second kappa shape index (κ2) is 13.3. The Morgan fingerprint density at radius 1 is 1.07 bits per heavy atom. The Labute approximate surface area is 252 Å². The van der Waals surface area contributed by atoms with Crippen LogP contribution in [0.15, 0.2) is 30.3 Å². The van der Waals surface area contributed by atoms with E-state index in [0.29, 0.717) is 81.9 Å². The van der Waals surface area contributed by atoms with Gasteiger partial charge in [-0.15, -0.1) is 0 Å². The van der Waals surface area contributed by atoms with Crippen molar-refractivity contribution < 1.29 is 37.7 Å². The van der Waals surface area contributed by atoms with Gasteiger partial charge in [0.15, 0.2) is 5.82 Å². The SMILES string of the molecule is O=C(N[C@H]1CCN([C@H]2CC[C@H](Oc3cc(-n4c(C(F)F)nc5ccccc54)nc(N4CCOCC4)n3)CC2)C1=O)OCCO. The summed E-state index contributed by atoms with van der Waals surface area (Å²) in [6.45, 7) is 2.22. The van der Waals surface area contributed by atoms with E-state index in [1.165, 1.54) is 4.57 Å². The average molecular weight is 616 g/mol. The molecule has 44 heavy (non-hydrogen) atoms. The summed E-state index contributed by atoms with van der Waals surface area (Å²) in [5, 5.41) is 11.4. The minimum Gasteiger partial charge on any atom is -0.474 e. The van der Waals surface area contributed by atoms with E-state index in [1.807, 2.05) is 9.80 Å². The molecule has 236 valence electrons. The number of fused-ring (bicyclic) bond motifs is 1. The molecule has 15 heteroatoms. The molecule has 0 bridgehead atoms. The van der Waals surface area contributed by atoms with Gasteiger partial charge in [-0.3, -0.25) is 9.36 Å². The first-order valence-electron chi connectivity index (χ1n) is 14.9. The van der Waals surface area contributed by atoms with Crippen LogP contribution in [-0.4, -0.2) is 106 Å². The van der Waals surface area contributed by atoms with E-state index in [0.717, 1.165) is 0 Å². The summed E-state index contributed by atoms with van der Waals surface area (Å²) in [7, 11) is 0. The lowest BCUT2D eigenvalue weighted by Crippen LogP contribution is -2.46. The van der Waals surface area contributed by atoms with E-state index in [2.05, 4.69) is 20.3 Å². The summed E-state index contributed by atoms with van der Waals surface area (Å²) < 4.78 is 46.3. The van der Waals surface area contributed by atoms with Crippen molar-refractivity contribution in [1.29, 1.82) is 0 Å². The number of morpholine rings is 1. The molecule has 2 saturated heterocycles. The van der Waals surface area contributed by atoms with E-state index in [4.69, 9.17) is 19.3 Å². The third kappa shape index (κ3) is 6.38. The van der Waals surface area contributed by atoms with Crippen LogP contribution in [0.25, 0.3) is 16.9 Å². The summed E-state index contributed by atoms with van der Waals surface area (Å²) in [6, 6.07) is 7.87. The number of carbonyl (C=O) groups is 2. The van der Waals surface area contributed by atoms with Crippen molar-refractivity contribution in [3.05, 3.63) is 36.2 Å². The molecule has 2 amide bonds. The maximum atomic E-state index is 14.2. The van der Waals surface area contributed by atoms with Crippen LogP contribution < -0.4 is 15.0 Å². The second-order valence-corrected chi connectivity index (χ2v) is 11.0. The smallest absolute Gasteiger partial charge is 0.407 e. The Hall–Kier alpha value is -4.11. The van der Waals surface area contributed by atoms with Crippen molar-refractivity contribution >= 4 is 29.0 Å². The molecule has 1 atom stereocenters. The number of aliphatic hydroxyl groups excluding tert-OH is 1. The van der Waals surface area contributed by atoms with Crippen molar-refractivity contribution in [2.75, 3.05) is 51.0 Å². The number of carbonyl (C=O) groups excluding carboxylic acids is 2. The number of nitrogens with zero attached hydrogens (tertiary/aromatic N) is 6. The number of amides is 2. The van der Waals surface area contributed by atoms with Crippen LogP contribution in [-0.2, 0) is 14.3 Å². The molecule has 3 aromatic rings. The van der Waals surface area contributed by atoms with Gasteiger partial charge < -0.3 is 34.4 Å². The van der Waals surface area contributed by atoms with Crippen molar-refractivity contribution in [1.82, 2.24) is 29.7 Å². The van der Waals surface area contributed by atoms with Gasteiger partial charge in [0.1, 0.15) is 24.6 Å². The minimum atomic E-state index is -2.82. The van der Waals surface area contributed by atoms with Gasteiger partial charge in [0, 0.05) is 31.7 Å². The average Bonchev–Trinajstić information content (AvgIpc) is 3.61. The number of aliphatic hydroxyl groups is 1. The summed E-state index contributed by atoms with van der Waals surface area (Å²) in [5.74, 6) is 0.335. The molecule has 1 aliphatic carbocycles. The Morgan fingerprint density at radius 3 is 2.59 bits per heavy atom. The van der Waals surface area contributed by atoms with Gasteiger partial charge in [0.2, 0.25) is 17.7 Å². The highest BCUT2D eigenvalue weighted by Gasteiger charge is 2.39. The largest absolute Gasteiger partial charge is 0.474 e. The number of imidazole rings is 1. The first kappa shape index (κ1) is 29.9. The third-order valence-corrected chi connectivity index (χ3v) is 8.21.